The second kappa shape index (κ2) is 3.92. The van der Waals surface area contributed by atoms with E-state index in [1.807, 2.05) is 0 Å². The largest absolute Gasteiger partial charge is 0.373 e. The normalized spacial score (nSPS) is 35.6. The Bertz CT molecular complexity index is 450. The summed E-state index contributed by atoms with van der Waals surface area (Å²) in [6.07, 6.45) is 5.49. The van der Waals surface area contributed by atoms with Gasteiger partial charge < -0.3 is 10.0 Å². The van der Waals surface area contributed by atoms with Gasteiger partial charge in [-0.25, -0.2) is 0 Å². The van der Waals surface area contributed by atoms with Gasteiger partial charge in [-0.1, -0.05) is 5.57 Å². The van der Waals surface area contributed by atoms with E-state index in [9.17, 15) is 14.7 Å². The van der Waals surface area contributed by atoms with Gasteiger partial charge in [-0.05, 0) is 39.0 Å². The zero-order valence-corrected chi connectivity index (χ0v) is 10.7. The van der Waals surface area contributed by atoms with E-state index in [-0.39, 0.29) is 18.2 Å². The lowest BCUT2D eigenvalue weighted by molar-refractivity contribution is -0.164. The first-order valence-corrected chi connectivity index (χ1v) is 6.81. The minimum Gasteiger partial charge on any atom is -0.373 e. The van der Waals surface area contributed by atoms with Crippen LogP contribution in [0.2, 0.25) is 0 Å². The van der Waals surface area contributed by atoms with E-state index in [1.54, 1.807) is 4.90 Å². The first-order chi connectivity index (χ1) is 8.54. The molecule has 4 nitrogen and oxygen atoms in total. The van der Waals surface area contributed by atoms with Crippen LogP contribution in [0.25, 0.3) is 0 Å². The molecule has 3 rings (SSSR count). The van der Waals surface area contributed by atoms with E-state index in [4.69, 9.17) is 0 Å². The molecule has 0 aromatic carbocycles. The highest BCUT2D eigenvalue weighted by Gasteiger charge is 2.53. The van der Waals surface area contributed by atoms with Crippen LogP contribution in [0.4, 0.5) is 0 Å². The second-order valence-corrected chi connectivity index (χ2v) is 5.76. The number of aliphatic hydroxyl groups is 1. The van der Waals surface area contributed by atoms with Crippen LogP contribution < -0.4 is 0 Å². The molecule has 4 heteroatoms. The third-order valence-corrected chi connectivity index (χ3v) is 4.65. The van der Waals surface area contributed by atoms with Crippen molar-refractivity contribution in [2.45, 2.75) is 51.0 Å². The van der Waals surface area contributed by atoms with Gasteiger partial charge >= 0.3 is 0 Å². The number of rotatable bonds is 1. The Balaban J connectivity index is 2.06. The standard InChI is InChI=1S/C14H19NO3/c1-9(16)14(18)8-11-5-2-4-10-6-3-7-15(12(10)11)13(14)17/h11,18H,2-8H2,1H3/t11-,14?/m1/s1. The van der Waals surface area contributed by atoms with Gasteiger partial charge in [-0.3, -0.25) is 9.59 Å². The number of hydrogen-bond donors (Lipinski definition) is 1. The van der Waals surface area contributed by atoms with Crippen LogP contribution in [0.15, 0.2) is 11.3 Å². The number of allylic oxidation sites excluding steroid dienone is 2. The molecule has 98 valence electrons. The third kappa shape index (κ3) is 1.48. The van der Waals surface area contributed by atoms with Gasteiger partial charge in [-0.2, -0.15) is 0 Å². The molecule has 0 aromatic rings. The van der Waals surface area contributed by atoms with E-state index in [2.05, 4.69) is 0 Å². The molecule has 0 bridgehead atoms. The molecule has 0 spiro atoms. The fourth-order valence-electron chi connectivity index (χ4n) is 3.72. The molecule has 1 N–H and O–H groups in total. The quantitative estimate of drug-likeness (QED) is 0.714. The lowest BCUT2D eigenvalue weighted by atomic mass is 9.72. The molecule has 1 saturated heterocycles. The van der Waals surface area contributed by atoms with Crippen LogP contribution in [0.1, 0.15) is 45.4 Å². The van der Waals surface area contributed by atoms with Gasteiger partial charge in [0.05, 0.1) is 0 Å². The lowest BCUT2D eigenvalue weighted by Crippen LogP contribution is -2.60. The van der Waals surface area contributed by atoms with Crippen molar-refractivity contribution in [2.75, 3.05) is 6.54 Å². The first kappa shape index (κ1) is 11.9. The summed E-state index contributed by atoms with van der Waals surface area (Å²) >= 11 is 0. The van der Waals surface area contributed by atoms with E-state index < -0.39 is 11.4 Å². The van der Waals surface area contributed by atoms with Crippen molar-refractivity contribution in [2.24, 2.45) is 5.92 Å². The number of piperidine rings is 1. The summed E-state index contributed by atoms with van der Waals surface area (Å²) in [6, 6.07) is 0. The van der Waals surface area contributed by atoms with Crippen molar-refractivity contribution in [1.29, 1.82) is 0 Å². The zero-order valence-electron chi connectivity index (χ0n) is 10.7. The summed E-state index contributed by atoms with van der Waals surface area (Å²) < 4.78 is 0. The zero-order chi connectivity index (χ0) is 12.9. The Kier molecular flexibility index (Phi) is 2.59. The molecular weight excluding hydrogens is 230 g/mol. The Morgan fingerprint density at radius 2 is 2.11 bits per heavy atom. The van der Waals surface area contributed by atoms with Crippen molar-refractivity contribution in [3.63, 3.8) is 0 Å². The number of nitrogens with zero attached hydrogens (tertiary/aromatic N) is 1. The third-order valence-electron chi connectivity index (χ3n) is 4.65. The minimum atomic E-state index is -1.77. The number of carbonyl (C=O) groups is 2. The van der Waals surface area contributed by atoms with Crippen LogP contribution in [0.5, 0.6) is 0 Å². The van der Waals surface area contributed by atoms with Gasteiger partial charge in [0, 0.05) is 24.6 Å². The molecule has 3 aliphatic rings. The number of amides is 1. The minimum absolute atomic E-state index is 0.195. The molecule has 0 saturated carbocycles. The Labute approximate surface area is 107 Å². The smallest absolute Gasteiger partial charge is 0.266 e. The topological polar surface area (TPSA) is 57.6 Å². The first-order valence-electron chi connectivity index (χ1n) is 6.81. The molecule has 2 aliphatic heterocycles. The van der Waals surface area contributed by atoms with Gasteiger partial charge in [0.25, 0.3) is 5.91 Å². The highest BCUT2D eigenvalue weighted by atomic mass is 16.3. The summed E-state index contributed by atoms with van der Waals surface area (Å²) in [5.74, 6) is -0.606. The van der Waals surface area contributed by atoms with Crippen LogP contribution in [-0.2, 0) is 9.59 Å². The SMILES string of the molecule is CC(=O)C1(O)C[C@H]2CCCC3=C2N(CCC3)C1=O. The van der Waals surface area contributed by atoms with Gasteiger partial charge in [0.2, 0.25) is 5.60 Å². The molecule has 1 unspecified atom stereocenters. The average Bonchev–Trinajstić information content (AvgIpc) is 2.36. The van der Waals surface area contributed by atoms with Gasteiger partial charge in [0.15, 0.2) is 5.78 Å². The number of carbonyl (C=O) groups excluding carboxylic acids is 2. The molecule has 1 aliphatic carbocycles. The van der Waals surface area contributed by atoms with Crippen molar-refractivity contribution in [1.82, 2.24) is 4.90 Å². The van der Waals surface area contributed by atoms with E-state index >= 15 is 0 Å². The molecule has 2 heterocycles. The summed E-state index contributed by atoms with van der Waals surface area (Å²) in [5.41, 5.74) is 0.758. The summed E-state index contributed by atoms with van der Waals surface area (Å²) in [6.45, 7) is 1.98. The van der Waals surface area contributed by atoms with Crippen LogP contribution in [0.3, 0.4) is 0 Å². The van der Waals surface area contributed by atoms with Crippen LogP contribution in [0, 0.1) is 5.92 Å². The monoisotopic (exact) mass is 249 g/mol. The molecule has 1 amide bonds. The summed E-state index contributed by atoms with van der Waals surface area (Å²) in [7, 11) is 0. The predicted octanol–water partition coefficient (Wildman–Crippen LogP) is 1.39. The number of ketones is 1. The fraction of sp³-hybridized carbons (Fsp3) is 0.714. The van der Waals surface area contributed by atoms with Crippen molar-refractivity contribution < 1.29 is 14.7 Å². The molecular formula is C14H19NO3. The molecule has 1 fully saturated rings. The maximum absolute atomic E-state index is 12.4. The van der Waals surface area contributed by atoms with Crippen LogP contribution >= 0.6 is 0 Å². The van der Waals surface area contributed by atoms with E-state index in [0.29, 0.717) is 6.54 Å². The van der Waals surface area contributed by atoms with Gasteiger partial charge in [-0.15, -0.1) is 0 Å². The molecule has 0 aromatic heterocycles. The van der Waals surface area contributed by atoms with Crippen molar-refractivity contribution >= 4 is 11.7 Å². The maximum Gasteiger partial charge on any atom is 0.266 e. The predicted molar refractivity (Wildman–Crippen MR) is 65.6 cm³/mol. The van der Waals surface area contributed by atoms with Crippen molar-refractivity contribution in [3.05, 3.63) is 11.3 Å². The Morgan fingerprint density at radius 3 is 2.83 bits per heavy atom. The second-order valence-electron chi connectivity index (χ2n) is 5.76. The average molecular weight is 249 g/mol. The van der Waals surface area contributed by atoms with Crippen molar-refractivity contribution in [3.8, 4) is 0 Å². The summed E-state index contributed by atoms with van der Waals surface area (Å²) in [5, 5.41) is 10.4. The van der Waals surface area contributed by atoms with E-state index in [0.717, 1.165) is 37.8 Å². The summed E-state index contributed by atoms with van der Waals surface area (Å²) in [4.78, 5) is 25.7. The van der Waals surface area contributed by atoms with Crippen LogP contribution in [-0.4, -0.2) is 33.8 Å². The fourth-order valence-corrected chi connectivity index (χ4v) is 3.72. The Morgan fingerprint density at radius 1 is 1.39 bits per heavy atom. The van der Waals surface area contributed by atoms with Gasteiger partial charge in [0.1, 0.15) is 0 Å². The molecule has 18 heavy (non-hydrogen) atoms. The highest BCUT2D eigenvalue weighted by Crippen LogP contribution is 2.45. The highest BCUT2D eigenvalue weighted by molar-refractivity contribution is 6.09. The lowest BCUT2D eigenvalue weighted by Gasteiger charge is -2.48. The maximum atomic E-state index is 12.4. The van der Waals surface area contributed by atoms with E-state index in [1.165, 1.54) is 12.5 Å². The Hall–Kier alpha value is -1.16. The number of Topliss-reactive ketones (excluding diaryl/α,β-unsaturated/α-hetero) is 1. The molecule has 0 radical (unpaired) electrons. The number of hydrogen-bond acceptors (Lipinski definition) is 3. The molecule has 2 atom stereocenters.